The van der Waals surface area contributed by atoms with Crippen molar-refractivity contribution in [1.29, 1.82) is 0 Å². The lowest BCUT2D eigenvalue weighted by atomic mass is 9.81. The van der Waals surface area contributed by atoms with Crippen LogP contribution in [-0.2, 0) is 0 Å². The van der Waals surface area contributed by atoms with E-state index in [1.165, 1.54) is 32.1 Å². The molecule has 1 aromatic rings. The number of hydrogen-bond donors (Lipinski definition) is 3. The summed E-state index contributed by atoms with van der Waals surface area (Å²) >= 11 is 0. The Bertz CT molecular complexity index is 446. The molecule has 0 aromatic carbocycles. The van der Waals surface area contributed by atoms with Gasteiger partial charge in [-0.05, 0) is 24.7 Å². The van der Waals surface area contributed by atoms with Crippen molar-refractivity contribution in [2.45, 2.75) is 58.8 Å². The number of hydrazine groups is 1. The average Bonchev–Trinajstić information content (AvgIpc) is 2.47. The van der Waals surface area contributed by atoms with E-state index in [1.54, 1.807) is 0 Å². The highest BCUT2D eigenvalue weighted by molar-refractivity contribution is 5.47. The van der Waals surface area contributed by atoms with Crippen LogP contribution < -0.4 is 16.6 Å². The molecule has 118 valence electrons. The predicted octanol–water partition coefficient (Wildman–Crippen LogP) is 3.51. The quantitative estimate of drug-likeness (QED) is 0.552. The average molecular weight is 291 g/mol. The summed E-state index contributed by atoms with van der Waals surface area (Å²) < 4.78 is 0. The molecular weight excluding hydrogens is 262 g/mol. The molecular formula is C16H29N5. The lowest BCUT2D eigenvalue weighted by molar-refractivity contribution is 0.274. The van der Waals surface area contributed by atoms with Crippen molar-refractivity contribution >= 4 is 11.6 Å². The molecule has 2 rings (SSSR count). The zero-order valence-electron chi connectivity index (χ0n) is 13.5. The summed E-state index contributed by atoms with van der Waals surface area (Å²) in [5.74, 6) is 9.88. The second-order valence-corrected chi connectivity index (χ2v) is 6.65. The summed E-state index contributed by atoms with van der Waals surface area (Å²) in [7, 11) is 0. The zero-order chi connectivity index (χ0) is 15.2. The van der Waals surface area contributed by atoms with Crippen molar-refractivity contribution in [2.75, 3.05) is 17.3 Å². The molecule has 0 spiro atoms. The summed E-state index contributed by atoms with van der Waals surface area (Å²) in [4.78, 5) is 8.93. The van der Waals surface area contributed by atoms with Gasteiger partial charge in [0.05, 0.1) is 0 Å². The molecule has 0 aliphatic heterocycles. The Morgan fingerprint density at radius 3 is 2.71 bits per heavy atom. The van der Waals surface area contributed by atoms with Crippen LogP contribution >= 0.6 is 0 Å². The van der Waals surface area contributed by atoms with E-state index in [1.807, 2.05) is 6.07 Å². The van der Waals surface area contributed by atoms with Gasteiger partial charge in [0.15, 0.2) is 0 Å². The van der Waals surface area contributed by atoms with Gasteiger partial charge in [0, 0.05) is 18.5 Å². The first-order valence-electron chi connectivity index (χ1n) is 8.18. The van der Waals surface area contributed by atoms with E-state index in [0.29, 0.717) is 5.82 Å². The van der Waals surface area contributed by atoms with Crippen LogP contribution in [0.25, 0.3) is 0 Å². The first-order valence-corrected chi connectivity index (χ1v) is 8.18. The molecule has 1 fully saturated rings. The molecule has 4 N–H and O–H groups in total. The minimum Gasteiger partial charge on any atom is -0.370 e. The summed E-state index contributed by atoms with van der Waals surface area (Å²) in [6.07, 6.45) is 6.76. The predicted molar refractivity (Wildman–Crippen MR) is 88.2 cm³/mol. The molecule has 1 aliphatic carbocycles. The lowest BCUT2D eigenvalue weighted by Gasteiger charge is -2.26. The van der Waals surface area contributed by atoms with Gasteiger partial charge in [-0.1, -0.05) is 40.0 Å². The third kappa shape index (κ3) is 4.84. The molecule has 0 radical (unpaired) electrons. The molecule has 0 bridgehead atoms. The molecule has 0 saturated heterocycles. The minimum absolute atomic E-state index is 0.290. The molecule has 1 heterocycles. The van der Waals surface area contributed by atoms with Gasteiger partial charge in [0.2, 0.25) is 0 Å². The van der Waals surface area contributed by atoms with E-state index in [-0.39, 0.29) is 5.92 Å². The molecule has 2 atom stereocenters. The Morgan fingerprint density at radius 2 is 2.05 bits per heavy atom. The van der Waals surface area contributed by atoms with Crippen LogP contribution in [0.2, 0.25) is 0 Å². The second-order valence-electron chi connectivity index (χ2n) is 6.65. The van der Waals surface area contributed by atoms with Crippen LogP contribution in [0.5, 0.6) is 0 Å². The van der Waals surface area contributed by atoms with E-state index >= 15 is 0 Å². The fourth-order valence-corrected chi connectivity index (χ4v) is 3.11. The third-order valence-corrected chi connectivity index (χ3v) is 4.31. The highest BCUT2D eigenvalue weighted by Crippen LogP contribution is 2.30. The zero-order valence-corrected chi connectivity index (χ0v) is 13.5. The summed E-state index contributed by atoms with van der Waals surface area (Å²) in [5, 5.41) is 3.43. The maximum atomic E-state index is 5.48. The van der Waals surface area contributed by atoms with E-state index in [9.17, 15) is 0 Å². The SMILES string of the molecule is CC1CCCC(CCNc2cc(NN)nc(C(C)C)n2)C1. The maximum Gasteiger partial charge on any atom is 0.145 e. The largest absolute Gasteiger partial charge is 0.370 e. The Kier molecular flexibility index (Phi) is 5.79. The van der Waals surface area contributed by atoms with Crippen molar-refractivity contribution in [2.24, 2.45) is 17.7 Å². The van der Waals surface area contributed by atoms with Gasteiger partial charge < -0.3 is 10.7 Å². The number of rotatable bonds is 6. The van der Waals surface area contributed by atoms with Crippen LogP contribution in [0, 0.1) is 11.8 Å². The monoisotopic (exact) mass is 291 g/mol. The number of nitrogens with two attached hydrogens (primary N) is 1. The summed E-state index contributed by atoms with van der Waals surface area (Å²) in [5.41, 5.74) is 2.62. The molecule has 1 aliphatic rings. The molecule has 0 amide bonds. The first kappa shape index (κ1) is 16.0. The smallest absolute Gasteiger partial charge is 0.145 e. The number of aromatic nitrogens is 2. The van der Waals surface area contributed by atoms with E-state index in [4.69, 9.17) is 5.84 Å². The van der Waals surface area contributed by atoms with E-state index < -0.39 is 0 Å². The van der Waals surface area contributed by atoms with Crippen molar-refractivity contribution in [3.8, 4) is 0 Å². The Balaban J connectivity index is 1.88. The van der Waals surface area contributed by atoms with Crippen LogP contribution in [0.3, 0.4) is 0 Å². The topological polar surface area (TPSA) is 75.9 Å². The number of hydrogen-bond acceptors (Lipinski definition) is 5. The molecule has 21 heavy (non-hydrogen) atoms. The van der Waals surface area contributed by atoms with Gasteiger partial charge in [0.1, 0.15) is 17.5 Å². The normalized spacial score (nSPS) is 22.3. The fourth-order valence-electron chi connectivity index (χ4n) is 3.11. The van der Waals surface area contributed by atoms with Crippen molar-refractivity contribution in [1.82, 2.24) is 9.97 Å². The first-order chi connectivity index (χ1) is 10.1. The fraction of sp³-hybridized carbons (Fsp3) is 0.750. The van der Waals surface area contributed by atoms with Crippen LogP contribution in [0.15, 0.2) is 6.07 Å². The molecule has 5 nitrogen and oxygen atoms in total. The third-order valence-electron chi connectivity index (χ3n) is 4.31. The molecule has 5 heteroatoms. The van der Waals surface area contributed by atoms with Gasteiger partial charge in [-0.15, -0.1) is 0 Å². The van der Waals surface area contributed by atoms with E-state index in [0.717, 1.165) is 30.0 Å². The highest BCUT2D eigenvalue weighted by Gasteiger charge is 2.18. The Labute approximate surface area is 128 Å². The highest BCUT2D eigenvalue weighted by atomic mass is 15.3. The Hall–Kier alpha value is -1.36. The lowest BCUT2D eigenvalue weighted by Crippen LogP contribution is -2.17. The van der Waals surface area contributed by atoms with Crippen LogP contribution in [0.4, 0.5) is 11.6 Å². The van der Waals surface area contributed by atoms with Gasteiger partial charge in [-0.2, -0.15) is 0 Å². The number of nitrogen functional groups attached to an aromatic ring is 1. The van der Waals surface area contributed by atoms with Gasteiger partial charge in [-0.25, -0.2) is 15.8 Å². The molecule has 1 saturated carbocycles. The molecule has 2 unspecified atom stereocenters. The van der Waals surface area contributed by atoms with E-state index in [2.05, 4.69) is 41.5 Å². The molecule has 1 aromatic heterocycles. The number of nitrogens with zero attached hydrogens (tertiary/aromatic N) is 2. The number of nitrogens with one attached hydrogen (secondary N) is 2. The van der Waals surface area contributed by atoms with Gasteiger partial charge >= 0.3 is 0 Å². The van der Waals surface area contributed by atoms with Gasteiger partial charge in [0.25, 0.3) is 0 Å². The maximum absolute atomic E-state index is 5.48. The number of anilines is 2. The summed E-state index contributed by atoms with van der Waals surface area (Å²) in [6, 6.07) is 1.87. The second kappa shape index (κ2) is 7.59. The van der Waals surface area contributed by atoms with Gasteiger partial charge in [-0.3, -0.25) is 0 Å². The van der Waals surface area contributed by atoms with Crippen LogP contribution in [-0.4, -0.2) is 16.5 Å². The minimum atomic E-state index is 0.290. The standard InChI is InChI=1S/C16H29N5/c1-11(2)16-19-14(10-15(20-16)21-17)18-8-7-13-6-4-5-12(3)9-13/h10-13H,4-9,17H2,1-3H3,(H2,18,19,20,21). The van der Waals surface area contributed by atoms with Crippen molar-refractivity contribution < 1.29 is 0 Å². The summed E-state index contributed by atoms with van der Waals surface area (Å²) in [6.45, 7) is 7.51. The van der Waals surface area contributed by atoms with Crippen molar-refractivity contribution in [3.05, 3.63) is 11.9 Å². The van der Waals surface area contributed by atoms with Crippen molar-refractivity contribution in [3.63, 3.8) is 0 Å². The Morgan fingerprint density at radius 1 is 1.29 bits per heavy atom. The van der Waals surface area contributed by atoms with Crippen LogP contribution in [0.1, 0.15) is 64.6 Å².